The van der Waals surface area contributed by atoms with Gasteiger partial charge >= 0.3 is 6.09 Å². The van der Waals surface area contributed by atoms with Crippen LogP contribution in [-0.4, -0.2) is 60.2 Å². The fourth-order valence-corrected chi connectivity index (χ4v) is 7.37. The van der Waals surface area contributed by atoms with E-state index in [1.54, 1.807) is 27.7 Å². The number of hydrogen-bond donors (Lipinski definition) is 2. The molecule has 0 saturated carbocycles. The monoisotopic (exact) mass is 531 g/mol. The van der Waals surface area contributed by atoms with E-state index < -0.39 is 37.8 Å². The molecule has 1 fully saturated rings. The van der Waals surface area contributed by atoms with Crippen LogP contribution in [0.2, 0.25) is 0 Å². The van der Waals surface area contributed by atoms with Gasteiger partial charge in [0.15, 0.2) is 0 Å². The van der Waals surface area contributed by atoms with E-state index in [4.69, 9.17) is 15.5 Å². The summed E-state index contributed by atoms with van der Waals surface area (Å²) < 4.78 is 48.7. The van der Waals surface area contributed by atoms with E-state index in [1.807, 2.05) is 35.2 Å². The highest BCUT2D eigenvalue weighted by molar-refractivity contribution is 7.91. The van der Waals surface area contributed by atoms with Crippen LogP contribution in [-0.2, 0) is 26.8 Å². The molecule has 11 heteroatoms. The lowest BCUT2D eigenvalue weighted by Gasteiger charge is -2.49. The van der Waals surface area contributed by atoms with Crippen molar-refractivity contribution < 1.29 is 22.3 Å². The number of nitrogens with one attached hydrogen (secondary N) is 1. The second kappa shape index (κ2) is 9.29. The Balaban J connectivity index is 1.84. The Labute approximate surface area is 217 Å². The molecule has 1 unspecified atom stereocenters. The van der Waals surface area contributed by atoms with E-state index in [2.05, 4.69) is 5.32 Å². The number of rotatable bonds is 3. The average molecular weight is 532 g/mol. The number of nitrogens with zero attached hydrogens (tertiary/aromatic N) is 3. The first-order valence-electron chi connectivity index (χ1n) is 12.1. The molecule has 2 aromatic rings. The van der Waals surface area contributed by atoms with E-state index in [1.165, 1.54) is 25.2 Å². The van der Waals surface area contributed by atoms with Crippen LogP contribution in [0.15, 0.2) is 53.5 Å². The van der Waals surface area contributed by atoms with Gasteiger partial charge < -0.3 is 10.5 Å². The summed E-state index contributed by atoms with van der Waals surface area (Å²) in [4.78, 5) is 19.4. The number of aliphatic imine (C=N–C) groups is 1. The molecule has 2 atom stereocenters. The Hall–Kier alpha value is -3.18. The Morgan fingerprint density at radius 2 is 1.89 bits per heavy atom. The summed E-state index contributed by atoms with van der Waals surface area (Å²) in [7, 11) is -2.83. The summed E-state index contributed by atoms with van der Waals surface area (Å²) in [6.07, 6.45) is -0.655. The number of nitrogens with two attached hydrogens (primary N) is 1. The first-order chi connectivity index (χ1) is 17.2. The third kappa shape index (κ3) is 4.77. The molecule has 0 bridgehead atoms. The molecule has 4 rings (SSSR count). The van der Waals surface area contributed by atoms with E-state index >= 15 is 4.39 Å². The maximum Gasteiger partial charge on any atom is 0.414 e. The van der Waals surface area contributed by atoms with Gasteiger partial charge in [0.1, 0.15) is 21.7 Å². The minimum absolute atomic E-state index is 0.0502. The van der Waals surface area contributed by atoms with Crippen LogP contribution in [0.3, 0.4) is 0 Å². The van der Waals surface area contributed by atoms with E-state index in [0.29, 0.717) is 13.1 Å². The van der Waals surface area contributed by atoms with Crippen molar-refractivity contribution >= 4 is 27.8 Å². The molecule has 2 aliphatic rings. The molecule has 1 amide bonds. The number of anilines is 1. The third-order valence-electron chi connectivity index (χ3n) is 7.06. The lowest BCUT2D eigenvalue weighted by Crippen LogP contribution is -2.66. The van der Waals surface area contributed by atoms with Gasteiger partial charge in [0.25, 0.3) is 0 Å². The van der Waals surface area contributed by atoms with Gasteiger partial charge in [-0.15, -0.1) is 0 Å². The lowest BCUT2D eigenvalue weighted by atomic mass is 9.78. The summed E-state index contributed by atoms with van der Waals surface area (Å²) in [5.41, 5.74) is 4.96. The maximum atomic E-state index is 15.4. The van der Waals surface area contributed by atoms with Gasteiger partial charge in [-0.3, -0.25) is 10.2 Å². The Kier molecular flexibility index (Phi) is 6.74. The van der Waals surface area contributed by atoms with Gasteiger partial charge in [-0.05, 0) is 57.9 Å². The number of alkyl carbamates (subject to hydrolysis) is 1. The number of sulfonamides is 1. The second-order valence-corrected chi connectivity index (χ2v) is 13.1. The van der Waals surface area contributed by atoms with Crippen LogP contribution < -0.4 is 11.1 Å². The van der Waals surface area contributed by atoms with Crippen molar-refractivity contribution in [2.45, 2.75) is 56.5 Å². The zero-order valence-corrected chi connectivity index (χ0v) is 22.6. The lowest BCUT2D eigenvalue weighted by molar-refractivity contribution is 0.0558. The maximum absolute atomic E-state index is 15.4. The number of amides is 1. The van der Waals surface area contributed by atoms with Crippen LogP contribution in [0.1, 0.15) is 45.2 Å². The van der Waals surface area contributed by atoms with Gasteiger partial charge in [-0.2, -0.15) is 0 Å². The zero-order chi connectivity index (χ0) is 27.2. The predicted molar refractivity (Wildman–Crippen MR) is 141 cm³/mol. The molecule has 9 nitrogen and oxygen atoms in total. The highest BCUT2D eigenvalue weighted by Gasteiger charge is 2.66. The minimum atomic E-state index is -4.17. The van der Waals surface area contributed by atoms with E-state index in [9.17, 15) is 13.2 Å². The molecule has 200 valence electrons. The van der Waals surface area contributed by atoms with Crippen molar-refractivity contribution in [1.82, 2.24) is 14.5 Å². The number of likely N-dealkylation sites (tertiary alicyclic amines) is 1. The number of carbonyl (C=O) groups is 1. The molecule has 0 radical (unpaired) electrons. The van der Waals surface area contributed by atoms with Gasteiger partial charge in [-0.1, -0.05) is 30.3 Å². The molecular formula is C26H34FN5O4S. The summed E-state index contributed by atoms with van der Waals surface area (Å²) in [5, 5.41) is 2.47. The molecule has 2 aromatic carbocycles. The second-order valence-electron chi connectivity index (χ2n) is 10.8. The number of guanidine groups is 1. The highest BCUT2D eigenvalue weighted by Crippen LogP contribution is 2.52. The van der Waals surface area contributed by atoms with Crippen LogP contribution in [0, 0.1) is 5.82 Å². The molecule has 1 saturated heterocycles. The van der Waals surface area contributed by atoms with E-state index in [0.717, 1.165) is 9.87 Å². The SMILES string of the molecule is CN1C(NC(=O)OC(C)(C)C)=N[C@](C)(c2cc(N)ccc2F)C2(CCN(Cc3ccccc3)C2)S1(=O)=O. The van der Waals surface area contributed by atoms with Crippen molar-refractivity contribution in [3.8, 4) is 0 Å². The third-order valence-corrected chi connectivity index (χ3v) is 9.67. The summed E-state index contributed by atoms with van der Waals surface area (Å²) in [6.45, 7) is 7.78. The molecular weight excluding hydrogens is 497 g/mol. The summed E-state index contributed by atoms with van der Waals surface area (Å²) in [6, 6.07) is 13.8. The van der Waals surface area contributed by atoms with Crippen molar-refractivity contribution in [1.29, 1.82) is 0 Å². The van der Waals surface area contributed by atoms with Crippen molar-refractivity contribution in [2.24, 2.45) is 4.99 Å². The van der Waals surface area contributed by atoms with Crippen LogP contribution >= 0.6 is 0 Å². The normalized spacial score (nSPS) is 25.7. The fourth-order valence-electron chi connectivity index (χ4n) is 5.18. The molecule has 37 heavy (non-hydrogen) atoms. The predicted octanol–water partition coefficient (Wildman–Crippen LogP) is 3.42. The van der Waals surface area contributed by atoms with Gasteiger partial charge in [-0.25, -0.2) is 26.9 Å². The van der Waals surface area contributed by atoms with Gasteiger partial charge in [0, 0.05) is 37.9 Å². The van der Waals surface area contributed by atoms with E-state index in [-0.39, 0.29) is 30.2 Å². The molecule has 2 heterocycles. The van der Waals surface area contributed by atoms with Gasteiger partial charge in [0.05, 0.1) is 0 Å². The summed E-state index contributed by atoms with van der Waals surface area (Å²) >= 11 is 0. The van der Waals surface area contributed by atoms with Crippen molar-refractivity contribution in [3.63, 3.8) is 0 Å². The minimum Gasteiger partial charge on any atom is -0.444 e. The first-order valence-corrected chi connectivity index (χ1v) is 13.5. The molecule has 0 aromatic heterocycles. The molecule has 2 aliphatic heterocycles. The van der Waals surface area contributed by atoms with Crippen LogP contribution in [0.4, 0.5) is 14.9 Å². The number of carbonyl (C=O) groups excluding carboxylic acids is 1. The van der Waals surface area contributed by atoms with Crippen LogP contribution in [0.5, 0.6) is 0 Å². The smallest absolute Gasteiger partial charge is 0.414 e. The van der Waals surface area contributed by atoms with Crippen LogP contribution in [0.25, 0.3) is 0 Å². The Morgan fingerprint density at radius 3 is 2.54 bits per heavy atom. The van der Waals surface area contributed by atoms with Gasteiger partial charge in [0.2, 0.25) is 16.0 Å². The molecule has 3 N–H and O–H groups in total. The quantitative estimate of drug-likeness (QED) is 0.586. The Morgan fingerprint density at radius 1 is 1.22 bits per heavy atom. The number of benzene rings is 2. The number of halogens is 1. The summed E-state index contributed by atoms with van der Waals surface area (Å²) in [5.74, 6) is -0.872. The molecule has 0 aliphatic carbocycles. The fraction of sp³-hybridized carbons (Fsp3) is 0.462. The number of hydrogen-bond acceptors (Lipinski definition) is 7. The van der Waals surface area contributed by atoms with Crippen molar-refractivity contribution in [2.75, 3.05) is 25.9 Å². The molecule has 1 spiro atoms. The topological polar surface area (TPSA) is 117 Å². The Bertz CT molecular complexity index is 1330. The standard InChI is InChI=1S/C26H34FN5O4S/c1-24(2,3)36-23(33)29-22-30-25(4,20-15-19(28)11-12-21(20)27)26(37(34,35)31(22)5)13-14-32(17-26)16-18-9-7-6-8-10-18/h6-12,15H,13-14,16-17,28H2,1-5H3,(H,29,30,33)/t25-,26?/m1/s1. The first kappa shape index (κ1) is 26.9. The van der Waals surface area contributed by atoms with Crippen molar-refractivity contribution in [3.05, 3.63) is 65.5 Å². The average Bonchev–Trinajstić information content (AvgIpc) is 3.24. The largest absolute Gasteiger partial charge is 0.444 e. The number of nitrogen functional groups attached to an aromatic ring is 1. The highest BCUT2D eigenvalue weighted by atomic mass is 32.2. The number of ether oxygens (including phenoxy) is 1. The zero-order valence-electron chi connectivity index (χ0n) is 21.8.